The second kappa shape index (κ2) is 14.1. The molecule has 1 aliphatic carbocycles. The first-order chi connectivity index (χ1) is 17.5. The maximum absolute atomic E-state index is 11.2. The number of benzene rings is 2. The van der Waals surface area contributed by atoms with Crippen LogP contribution in [-0.4, -0.2) is 40.7 Å². The van der Waals surface area contributed by atoms with Crippen molar-refractivity contribution in [2.75, 3.05) is 20.3 Å². The summed E-state index contributed by atoms with van der Waals surface area (Å²) in [5, 5.41) is 3.48. The van der Waals surface area contributed by atoms with E-state index in [9.17, 15) is 4.79 Å². The van der Waals surface area contributed by atoms with Gasteiger partial charge in [0.2, 0.25) is 0 Å². The monoisotopic (exact) mass is 504 g/mol. The fraction of sp³-hybridized carbons (Fsp3) is 0.387. The largest absolute Gasteiger partial charge is 0.466 e. The molecule has 0 amide bonds. The molecule has 3 rings (SSSR count). The third-order valence-electron chi connectivity index (χ3n) is 6.64. The summed E-state index contributed by atoms with van der Waals surface area (Å²) in [6.45, 7) is 8.93. The molecule has 1 aliphatic rings. The lowest BCUT2D eigenvalue weighted by Gasteiger charge is -2.39. The van der Waals surface area contributed by atoms with E-state index >= 15 is 0 Å². The molecule has 1 unspecified atom stereocenters. The Kier molecular flexibility index (Phi) is 10.9. The number of hydrogen-bond acceptors (Lipinski definition) is 4. The molecule has 192 valence electrons. The molecule has 0 spiro atoms. The Labute approximate surface area is 217 Å². The van der Waals surface area contributed by atoms with Gasteiger partial charge < -0.3 is 13.9 Å². The average Bonchev–Trinajstić information content (AvgIpc) is 2.91. The topological polar surface area (TPSA) is 44.8 Å². The SMILES string of the molecule is C=C(COC)/C(=C/CCCOC(C)=O)[Si](OC(C)C1=CCCCC1)(c1ccccc1)c1ccccc1. The number of esters is 1. The van der Waals surface area contributed by atoms with Gasteiger partial charge in [0.1, 0.15) is 0 Å². The van der Waals surface area contributed by atoms with Crippen LogP contribution in [-0.2, 0) is 18.7 Å². The standard InChI is InChI=1S/C31H40O4Si/c1-25(24-33-4)31(22-14-15-23-34-27(3)32)36(29-18-10-6-11-19-29,30-20-12-7-13-21-30)35-26(2)28-16-8-5-9-17-28/h6-7,10-13,16,18-22,26H,1,5,8-9,14-15,17,23-24H2,2-4H3/b31-22-. The molecule has 0 aromatic heterocycles. The van der Waals surface area contributed by atoms with E-state index < -0.39 is 8.32 Å². The molecule has 36 heavy (non-hydrogen) atoms. The minimum absolute atomic E-state index is 0.0165. The van der Waals surface area contributed by atoms with Crippen molar-refractivity contribution in [2.24, 2.45) is 0 Å². The highest BCUT2D eigenvalue weighted by Gasteiger charge is 2.46. The fourth-order valence-electron chi connectivity index (χ4n) is 4.93. The van der Waals surface area contributed by atoms with Gasteiger partial charge in [0.25, 0.3) is 8.32 Å². The molecule has 0 saturated heterocycles. The van der Waals surface area contributed by atoms with Gasteiger partial charge in [-0.05, 0) is 72.2 Å². The summed E-state index contributed by atoms with van der Waals surface area (Å²) in [6.07, 6.45) is 10.7. The number of carbonyl (C=O) groups excluding carboxylic acids is 1. The van der Waals surface area contributed by atoms with Gasteiger partial charge in [-0.1, -0.05) is 79.4 Å². The van der Waals surface area contributed by atoms with Gasteiger partial charge in [0.05, 0.1) is 19.3 Å². The number of allylic oxidation sites excluding steroid dienone is 2. The van der Waals surface area contributed by atoms with Crippen molar-refractivity contribution in [3.63, 3.8) is 0 Å². The van der Waals surface area contributed by atoms with E-state index in [-0.39, 0.29) is 12.1 Å². The Hall–Kier alpha value is -2.73. The zero-order valence-electron chi connectivity index (χ0n) is 22.0. The zero-order chi connectivity index (χ0) is 25.8. The van der Waals surface area contributed by atoms with Gasteiger partial charge in [0.15, 0.2) is 0 Å². The van der Waals surface area contributed by atoms with E-state index in [0.29, 0.717) is 13.2 Å². The second-order valence-corrected chi connectivity index (χ2v) is 12.6. The van der Waals surface area contributed by atoms with Crippen LogP contribution in [0.3, 0.4) is 0 Å². The van der Waals surface area contributed by atoms with E-state index in [0.717, 1.165) is 36.5 Å². The second-order valence-electron chi connectivity index (χ2n) is 9.33. The molecular formula is C31H40O4Si. The summed E-state index contributed by atoms with van der Waals surface area (Å²) in [5.41, 5.74) is 2.31. The average molecular weight is 505 g/mol. The number of methoxy groups -OCH3 is 1. The van der Waals surface area contributed by atoms with E-state index in [1.54, 1.807) is 7.11 Å². The zero-order valence-corrected chi connectivity index (χ0v) is 23.0. The molecule has 0 heterocycles. The lowest BCUT2D eigenvalue weighted by Crippen LogP contribution is -2.64. The summed E-state index contributed by atoms with van der Waals surface area (Å²) in [6, 6.07) is 21.2. The van der Waals surface area contributed by atoms with Gasteiger partial charge >= 0.3 is 5.97 Å². The Morgan fingerprint density at radius 3 is 2.22 bits per heavy atom. The molecule has 0 fully saturated rings. The number of carbonyl (C=O) groups is 1. The fourth-order valence-corrected chi connectivity index (χ4v) is 9.29. The third kappa shape index (κ3) is 7.16. The Morgan fingerprint density at radius 1 is 1.06 bits per heavy atom. The van der Waals surface area contributed by atoms with Crippen molar-refractivity contribution in [2.45, 2.75) is 58.5 Å². The summed E-state index contributed by atoms with van der Waals surface area (Å²) in [7, 11) is -1.27. The van der Waals surface area contributed by atoms with Crippen molar-refractivity contribution >= 4 is 24.7 Å². The summed E-state index contributed by atoms with van der Waals surface area (Å²) in [5.74, 6) is -0.252. The van der Waals surface area contributed by atoms with E-state index in [1.807, 2.05) is 12.1 Å². The molecule has 0 bridgehead atoms. The smallest absolute Gasteiger partial charge is 0.302 e. The Morgan fingerprint density at radius 2 is 1.69 bits per heavy atom. The highest BCUT2D eigenvalue weighted by molar-refractivity contribution is 7.03. The number of hydrogen-bond donors (Lipinski definition) is 0. The minimum atomic E-state index is -2.97. The first-order valence-electron chi connectivity index (χ1n) is 13.0. The van der Waals surface area contributed by atoms with E-state index in [2.05, 4.69) is 74.2 Å². The number of rotatable bonds is 13. The lowest BCUT2D eigenvalue weighted by molar-refractivity contribution is -0.141. The molecule has 0 N–H and O–H groups in total. The third-order valence-corrected chi connectivity index (χ3v) is 11.0. The molecule has 4 nitrogen and oxygen atoms in total. The van der Waals surface area contributed by atoms with Gasteiger partial charge in [0, 0.05) is 14.0 Å². The van der Waals surface area contributed by atoms with Crippen LogP contribution in [0.2, 0.25) is 0 Å². The molecular weight excluding hydrogens is 464 g/mol. The first-order valence-corrected chi connectivity index (χ1v) is 14.9. The van der Waals surface area contributed by atoms with Gasteiger partial charge in [-0.2, -0.15) is 0 Å². The van der Waals surface area contributed by atoms with Crippen LogP contribution in [0.5, 0.6) is 0 Å². The predicted molar refractivity (Wildman–Crippen MR) is 150 cm³/mol. The van der Waals surface area contributed by atoms with Crippen molar-refractivity contribution < 1.29 is 18.7 Å². The molecule has 5 heteroatoms. The Bertz CT molecular complexity index is 1000. The van der Waals surface area contributed by atoms with Crippen LogP contribution >= 0.6 is 0 Å². The maximum atomic E-state index is 11.2. The molecule has 1 atom stereocenters. The maximum Gasteiger partial charge on any atom is 0.302 e. The van der Waals surface area contributed by atoms with Gasteiger partial charge in [-0.25, -0.2) is 0 Å². The van der Waals surface area contributed by atoms with E-state index in [4.69, 9.17) is 13.9 Å². The van der Waals surface area contributed by atoms with Crippen LogP contribution in [0.1, 0.15) is 52.4 Å². The lowest BCUT2D eigenvalue weighted by atomic mass is 9.96. The number of unbranched alkanes of at least 4 members (excludes halogenated alkanes) is 1. The predicted octanol–water partition coefficient (Wildman–Crippen LogP) is 5.66. The molecule has 0 aliphatic heterocycles. The van der Waals surface area contributed by atoms with Crippen LogP contribution in [0.15, 0.2) is 95.7 Å². The van der Waals surface area contributed by atoms with E-state index in [1.165, 1.54) is 35.7 Å². The highest BCUT2D eigenvalue weighted by atomic mass is 28.4. The van der Waals surface area contributed by atoms with Crippen molar-refractivity contribution in [1.29, 1.82) is 0 Å². The molecule has 2 aromatic rings. The van der Waals surface area contributed by atoms with Crippen LogP contribution in [0.4, 0.5) is 0 Å². The summed E-state index contributed by atoms with van der Waals surface area (Å²) >= 11 is 0. The number of ether oxygens (including phenoxy) is 2. The summed E-state index contributed by atoms with van der Waals surface area (Å²) < 4.78 is 18.1. The normalized spacial score (nSPS) is 15.2. The molecule has 2 aromatic carbocycles. The molecule has 0 radical (unpaired) electrons. The van der Waals surface area contributed by atoms with Crippen molar-refractivity contribution in [3.05, 3.63) is 95.7 Å². The summed E-state index contributed by atoms with van der Waals surface area (Å²) in [4.78, 5) is 11.2. The van der Waals surface area contributed by atoms with Crippen LogP contribution in [0, 0.1) is 0 Å². The van der Waals surface area contributed by atoms with Crippen LogP contribution < -0.4 is 10.4 Å². The van der Waals surface area contributed by atoms with Gasteiger partial charge in [-0.15, -0.1) is 0 Å². The van der Waals surface area contributed by atoms with Crippen LogP contribution in [0.25, 0.3) is 0 Å². The molecule has 0 saturated carbocycles. The highest BCUT2D eigenvalue weighted by Crippen LogP contribution is 2.30. The van der Waals surface area contributed by atoms with Gasteiger partial charge in [-0.3, -0.25) is 4.79 Å². The van der Waals surface area contributed by atoms with Crippen molar-refractivity contribution in [1.82, 2.24) is 0 Å². The quantitative estimate of drug-likeness (QED) is 0.116. The van der Waals surface area contributed by atoms with Crippen molar-refractivity contribution in [3.8, 4) is 0 Å². The minimum Gasteiger partial charge on any atom is -0.466 e. The first kappa shape index (κ1) is 27.8. The Balaban J connectivity index is 2.16.